The maximum atomic E-state index is 11.5. The molecule has 1 aliphatic heterocycles. The Morgan fingerprint density at radius 2 is 1.68 bits per heavy atom. The van der Waals surface area contributed by atoms with Crippen molar-refractivity contribution in [2.24, 2.45) is 0 Å². The first-order valence-electron chi connectivity index (χ1n) is 9.10. The predicted molar refractivity (Wildman–Crippen MR) is 94.7 cm³/mol. The highest BCUT2D eigenvalue weighted by molar-refractivity contribution is 5.69. The third-order valence-electron chi connectivity index (χ3n) is 4.15. The van der Waals surface area contributed by atoms with Crippen molar-refractivity contribution in [1.29, 1.82) is 0 Å². The van der Waals surface area contributed by atoms with Gasteiger partial charge >= 0.3 is 5.97 Å². The molecule has 0 saturated carbocycles. The van der Waals surface area contributed by atoms with Crippen LogP contribution < -0.4 is 0 Å². The molecule has 0 N–H and O–H groups in total. The Morgan fingerprint density at radius 1 is 1.08 bits per heavy atom. The van der Waals surface area contributed by atoms with Crippen LogP contribution in [0.1, 0.15) is 39.0 Å². The monoisotopic (exact) mass is 357 g/mol. The smallest absolute Gasteiger partial charge is 0.305 e. The van der Waals surface area contributed by atoms with E-state index in [0.29, 0.717) is 19.4 Å². The first kappa shape index (κ1) is 21.4. The number of carbonyl (C=O) groups is 1. The van der Waals surface area contributed by atoms with Gasteiger partial charge in [0.2, 0.25) is 0 Å². The molecule has 144 valence electrons. The molecular weight excluding hydrogens is 326 g/mol. The molecule has 0 aromatic heterocycles. The minimum absolute atomic E-state index is 0.105. The largest absolute Gasteiger partial charge is 0.466 e. The van der Waals surface area contributed by atoms with E-state index in [-0.39, 0.29) is 12.6 Å². The zero-order valence-electron chi connectivity index (χ0n) is 15.2. The van der Waals surface area contributed by atoms with Gasteiger partial charge in [-0.1, -0.05) is 12.2 Å². The van der Waals surface area contributed by atoms with Crippen LogP contribution in [0.5, 0.6) is 0 Å². The van der Waals surface area contributed by atoms with Gasteiger partial charge in [-0.2, -0.15) is 0 Å². The van der Waals surface area contributed by atoms with Crippen LogP contribution in [0.2, 0.25) is 0 Å². The van der Waals surface area contributed by atoms with Gasteiger partial charge in [0.05, 0.1) is 13.2 Å². The van der Waals surface area contributed by atoms with Crippen LogP contribution in [-0.2, 0) is 14.4 Å². The summed E-state index contributed by atoms with van der Waals surface area (Å²) in [5.41, 5.74) is 0. The number of hydrogen-bond donors (Lipinski definition) is 0. The average Bonchev–Trinajstić information content (AvgIpc) is 2.60. The Morgan fingerprint density at radius 3 is 2.24 bits per heavy atom. The number of hydrogen-bond acceptors (Lipinski definition) is 7. The Kier molecular flexibility index (Phi) is 11.6. The number of piperazine rings is 1. The first-order chi connectivity index (χ1) is 12.1. The molecule has 1 heterocycles. The fourth-order valence-corrected chi connectivity index (χ4v) is 2.74. The first-order valence-corrected chi connectivity index (χ1v) is 9.10. The Hall–Kier alpha value is -1.67. The lowest BCUT2D eigenvalue weighted by Gasteiger charge is -2.34. The molecule has 1 fully saturated rings. The van der Waals surface area contributed by atoms with Crippen LogP contribution in [0.3, 0.4) is 0 Å². The van der Waals surface area contributed by atoms with E-state index < -0.39 is 5.09 Å². The van der Waals surface area contributed by atoms with Gasteiger partial charge in [-0.3, -0.25) is 4.79 Å². The summed E-state index contributed by atoms with van der Waals surface area (Å²) in [6.07, 6.45) is 7.84. The van der Waals surface area contributed by atoms with Gasteiger partial charge in [-0.25, -0.2) is 0 Å². The maximum Gasteiger partial charge on any atom is 0.305 e. The van der Waals surface area contributed by atoms with Crippen molar-refractivity contribution in [3.05, 3.63) is 22.3 Å². The van der Waals surface area contributed by atoms with E-state index in [2.05, 4.69) is 20.7 Å². The summed E-state index contributed by atoms with van der Waals surface area (Å²) in [6, 6.07) is 0. The van der Waals surface area contributed by atoms with Gasteiger partial charge in [0, 0.05) is 45.7 Å². The average molecular weight is 357 g/mol. The molecule has 0 aliphatic carbocycles. The topological polar surface area (TPSA) is 85.2 Å². The summed E-state index contributed by atoms with van der Waals surface area (Å²) in [6.45, 7) is 8.26. The molecule has 0 amide bonds. The lowest BCUT2D eigenvalue weighted by Crippen LogP contribution is -2.47. The van der Waals surface area contributed by atoms with E-state index in [4.69, 9.17) is 4.74 Å². The van der Waals surface area contributed by atoms with Crippen molar-refractivity contribution in [2.75, 3.05) is 52.5 Å². The van der Waals surface area contributed by atoms with E-state index in [0.717, 1.165) is 58.5 Å². The molecule has 0 aromatic carbocycles. The summed E-state index contributed by atoms with van der Waals surface area (Å²) in [7, 11) is 0. The van der Waals surface area contributed by atoms with Gasteiger partial charge < -0.3 is 19.4 Å². The maximum absolute atomic E-state index is 11.5. The minimum Gasteiger partial charge on any atom is -0.466 e. The van der Waals surface area contributed by atoms with Crippen LogP contribution in [0.4, 0.5) is 0 Å². The highest BCUT2D eigenvalue weighted by Gasteiger charge is 2.16. The van der Waals surface area contributed by atoms with Gasteiger partial charge in [0.25, 0.3) is 5.09 Å². The van der Waals surface area contributed by atoms with E-state index in [1.54, 1.807) is 0 Å². The zero-order chi connectivity index (χ0) is 18.3. The molecule has 1 saturated heterocycles. The summed E-state index contributed by atoms with van der Waals surface area (Å²) in [5.74, 6) is -0.105. The molecule has 8 nitrogen and oxygen atoms in total. The van der Waals surface area contributed by atoms with Crippen LogP contribution in [0.15, 0.2) is 12.2 Å². The lowest BCUT2D eigenvalue weighted by molar-refractivity contribution is -0.757. The minimum atomic E-state index is -0.743. The normalized spacial score (nSPS) is 16.2. The van der Waals surface area contributed by atoms with Crippen molar-refractivity contribution in [1.82, 2.24) is 9.80 Å². The van der Waals surface area contributed by atoms with Crippen LogP contribution in [0, 0.1) is 10.1 Å². The zero-order valence-corrected chi connectivity index (χ0v) is 15.2. The standard InChI is InChI=1S/C17H31N3O5/c1-2-3-4-5-8-17(21)24-15-6-9-18-11-13-19(14-12-18)10-7-16-25-20(22)23/h2-3H,4-16H2,1H3/b3-2-. The Bertz CT molecular complexity index is 409. The molecule has 1 rings (SSSR count). The fourth-order valence-electron chi connectivity index (χ4n) is 2.74. The molecule has 0 unspecified atom stereocenters. The van der Waals surface area contributed by atoms with Gasteiger partial charge in [0.1, 0.15) is 0 Å². The van der Waals surface area contributed by atoms with Gasteiger partial charge in [0.15, 0.2) is 0 Å². The highest BCUT2D eigenvalue weighted by atomic mass is 16.9. The fraction of sp³-hybridized carbons (Fsp3) is 0.824. The summed E-state index contributed by atoms with van der Waals surface area (Å²) < 4.78 is 5.25. The van der Waals surface area contributed by atoms with Crippen molar-refractivity contribution < 1.29 is 19.5 Å². The Labute approximate surface area is 149 Å². The van der Waals surface area contributed by atoms with Crippen LogP contribution in [-0.4, -0.2) is 73.3 Å². The van der Waals surface area contributed by atoms with Gasteiger partial charge in [-0.15, -0.1) is 10.1 Å². The summed E-state index contributed by atoms with van der Waals surface area (Å²) in [5, 5.41) is 9.33. The van der Waals surface area contributed by atoms with Crippen molar-refractivity contribution in [3.8, 4) is 0 Å². The van der Waals surface area contributed by atoms with Crippen molar-refractivity contribution in [3.63, 3.8) is 0 Å². The molecule has 25 heavy (non-hydrogen) atoms. The van der Waals surface area contributed by atoms with Crippen molar-refractivity contribution >= 4 is 5.97 Å². The lowest BCUT2D eigenvalue weighted by atomic mass is 10.2. The number of carbonyl (C=O) groups excluding carboxylic acids is 1. The number of unbranched alkanes of at least 4 members (excludes halogenated alkanes) is 1. The van der Waals surface area contributed by atoms with E-state index in [9.17, 15) is 14.9 Å². The number of esters is 1. The third kappa shape index (κ3) is 11.5. The molecule has 0 atom stereocenters. The molecule has 8 heteroatoms. The summed E-state index contributed by atoms with van der Waals surface area (Å²) >= 11 is 0. The van der Waals surface area contributed by atoms with E-state index in [1.807, 2.05) is 13.0 Å². The quantitative estimate of drug-likeness (QED) is 0.164. The van der Waals surface area contributed by atoms with Crippen LogP contribution in [0.25, 0.3) is 0 Å². The van der Waals surface area contributed by atoms with E-state index >= 15 is 0 Å². The van der Waals surface area contributed by atoms with Crippen molar-refractivity contribution in [2.45, 2.75) is 39.0 Å². The second-order valence-corrected chi connectivity index (χ2v) is 6.13. The third-order valence-corrected chi connectivity index (χ3v) is 4.15. The second kappa shape index (κ2) is 13.6. The molecule has 0 bridgehead atoms. The van der Waals surface area contributed by atoms with E-state index in [1.165, 1.54) is 0 Å². The highest BCUT2D eigenvalue weighted by Crippen LogP contribution is 2.04. The Balaban J connectivity index is 1.96. The molecular formula is C17H31N3O5. The molecule has 0 radical (unpaired) electrons. The number of rotatable bonds is 13. The second-order valence-electron chi connectivity index (χ2n) is 6.13. The predicted octanol–water partition coefficient (Wildman–Crippen LogP) is 1.88. The summed E-state index contributed by atoms with van der Waals surface area (Å²) in [4.78, 5) is 30.6. The number of allylic oxidation sites excluding steroid dienone is 2. The number of nitrogens with zero attached hydrogens (tertiary/aromatic N) is 3. The molecule has 1 aliphatic rings. The van der Waals surface area contributed by atoms with Crippen LogP contribution >= 0.6 is 0 Å². The number of ether oxygens (including phenoxy) is 1. The molecule has 0 aromatic rings. The van der Waals surface area contributed by atoms with Gasteiger partial charge in [-0.05, 0) is 32.6 Å². The SMILES string of the molecule is C/C=C\CCCC(=O)OCCCN1CCN(CCCO[N+](=O)[O-])CC1. The molecule has 0 spiro atoms.